The minimum atomic E-state index is -4.93. The van der Waals surface area contributed by atoms with Crippen molar-refractivity contribution in [3.05, 3.63) is 64.4 Å². The van der Waals surface area contributed by atoms with Gasteiger partial charge in [0, 0.05) is 11.8 Å². The van der Waals surface area contributed by atoms with Gasteiger partial charge in [-0.05, 0) is 56.2 Å². The number of amides is 2. The predicted molar refractivity (Wildman–Crippen MR) is 110 cm³/mol. The van der Waals surface area contributed by atoms with E-state index in [2.05, 4.69) is 16.0 Å². The molecule has 3 rings (SSSR count). The van der Waals surface area contributed by atoms with Crippen molar-refractivity contribution >= 4 is 23.2 Å². The van der Waals surface area contributed by atoms with Gasteiger partial charge in [0.15, 0.2) is 5.71 Å². The summed E-state index contributed by atoms with van der Waals surface area (Å²) in [5.41, 5.74) is 3.51. The zero-order valence-corrected chi connectivity index (χ0v) is 17.2. The van der Waals surface area contributed by atoms with Gasteiger partial charge in [-0.3, -0.25) is 15.0 Å². The van der Waals surface area contributed by atoms with Gasteiger partial charge in [-0.1, -0.05) is 6.07 Å². The van der Waals surface area contributed by atoms with Crippen molar-refractivity contribution in [3.63, 3.8) is 0 Å². The van der Waals surface area contributed by atoms with Crippen LogP contribution in [-0.4, -0.2) is 33.9 Å². The van der Waals surface area contributed by atoms with E-state index in [-0.39, 0.29) is 22.7 Å². The van der Waals surface area contributed by atoms with Crippen LogP contribution in [0.25, 0.3) is 0 Å². The van der Waals surface area contributed by atoms with Crippen molar-refractivity contribution in [2.75, 3.05) is 5.01 Å². The first-order chi connectivity index (χ1) is 14.9. The number of rotatable bonds is 4. The first-order valence-corrected chi connectivity index (χ1v) is 9.27. The molecule has 8 nitrogen and oxygen atoms in total. The molecule has 0 atom stereocenters. The highest BCUT2D eigenvalue weighted by Crippen LogP contribution is 2.33. The molecule has 0 aromatic heterocycles. The van der Waals surface area contributed by atoms with Gasteiger partial charge in [0.2, 0.25) is 0 Å². The van der Waals surface area contributed by atoms with Crippen molar-refractivity contribution in [3.8, 4) is 11.5 Å². The summed E-state index contributed by atoms with van der Waals surface area (Å²) in [6.45, 7) is 4.75. The zero-order valence-electron chi connectivity index (χ0n) is 17.2. The normalized spacial score (nSPS) is 15.5. The fourth-order valence-electron chi connectivity index (χ4n) is 2.96. The molecule has 0 fully saturated rings. The highest BCUT2D eigenvalue weighted by molar-refractivity contribution is 6.32. The second kappa shape index (κ2) is 8.25. The van der Waals surface area contributed by atoms with Crippen LogP contribution in [0.1, 0.15) is 28.4 Å². The van der Waals surface area contributed by atoms with Gasteiger partial charge in [0.05, 0.1) is 16.8 Å². The Hall–Kier alpha value is -4.02. The van der Waals surface area contributed by atoms with E-state index in [4.69, 9.17) is 0 Å². The molecule has 11 heteroatoms. The number of nitrogens with one attached hydrogen (secondary N) is 2. The first kappa shape index (κ1) is 22.7. The maximum absolute atomic E-state index is 13.6. The number of hydrazine groups is 1. The van der Waals surface area contributed by atoms with Crippen molar-refractivity contribution in [1.29, 1.82) is 0 Å². The number of carbonyl (C=O) groups excluding carboxylic acids is 2. The molecule has 168 valence electrons. The van der Waals surface area contributed by atoms with Crippen molar-refractivity contribution in [2.45, 2.75) is 26.9 Å². The van der Waals surface area contributed by atoms with Crippen LogP contribution in [0.15, 0.2) is 52.8 Å². The first-order valence-electron chi connectivity index (χ1n) is 9.27. The maximum Gasteiger partial charge on any atom is 0.436 e. The Balaban J connectivity index is 1.91. The Labute approximate surface area is 180 Å². The van der Waals surface area contributed by atoms with Crippen LogP contribution >= 0.6 is 0 Å². The molecule has 0 bridgehead atoms. The Morgan fingerprint density at radius 1 is 1.03 bits per heavy atom. The van der Waals surface area contributed by atoms with E-state index in [1.807, 2.05) is 6.92 Å². The molecular weight excluding hydrogens is 429 g/mol. The average molecular weight is 448 g/mol. The predicted octanol–water partition coefficient (Wildman–Crippen LogP) is 3.19. The summed E-state index contributed by atoms with van der Waals surface area (Å²) in [5.74, 6) is -2.74. The maximum atomic E-state index is 13.6. The third-order valence-corrected chi connectivity index (χ3v) is 4.81. The number of anilines is 1. The van der Waals surface area contributed by atoms with E-state index in [9.17, 15) is 33.0 Å². The Morgan fingerprint density at radius 2 is 1.72 bits per heavy atom. The number of alkyl halides is 3. The van der Waals surface area contributed by atoms with Crippen LogP contribution in [-0.2, 0) is 4.79 Å². The lowest BCUT2D eigenvalue weighted by Gasteiger charge is -2.15. The molecule has 4 N–H and O–H groups in total. The molecule has 0 saturated heterocycles. The van der Waals surface area contributed by atoms with E-state index in [0.717, 1.165) is 29.3 Å². The van der Waals surface area contributed by atoms with Gasteiger partial charge in [0.1, 0.15) is 11.5 Å². The van der Waals surface area contributed by atoms with Gasteiger partial charge in [-0.15, -0.1) is 0 Å². The summed E-state index contributed by atoms with van der Waals surface area (Å²) in [4.78, 5) is 25.1. The van der Waals surface area contributed by atoms with Crippen molar-refractivity contribution in [1.82, 2.24) is 10.9 Å². The van der Waals surface area contributed by atoms with Gasteiger partial charge in [-0.2, -0.15) is 23.3 Å². The third-order valence-electron chi connectivity index (χ3n) is 4.81. The lowest BCUT2D eigenvalue weighted by molar-refractivity contribution is -0.114. The second-order valence-electron chi connectivity index (χ2n) is 7.11. The molecule has 1 heterocycles. The largest absolute Gasteiger partial charge is 0.508 e. The molecule has 32 heavy (non-hydrogen) atoms. The van der Waals surface area contributed by atoms with E-state index < -0.39 is 35.0 Å². The fraction of sp³-hybridized carbons (Fsp3) is 0.190. The molecule has 2 aromatic rings. The van der Waals surface area contributed by atoms with Crippen LogP contribution in [0.2, 0.25) is 0 Å². The summed E-state index contributed by atoms with van der Waals surface area (Å²) in [7, 11) is 0. The lowest BCUT2D eigenvalue weighted by Crippen LogP contribution is -2.39. The zero-order chi connectivity index (χ0) is 23.8. The standard InChI is InChI=1S/C21H19F3N4O4/c1-10-4-5-13(8-11(10)2)28-20(32)17(18(27-28)21(22,23)24)12(3)25-26-19(31)15-7-6-14(29)9-16(15)30/h4-9,25,29-30H,1-3H3,(H,26,31). The molecule has 2 aromatic carbocycles. The number of aryl methyl sites for hydroxylation is 2. The number of hydrazone groups is 1. The van der Waals surface area contributed by atoms with Crippen LogP contribution in [0.5, 0.6) is 11.5 Å². The SMILES string of the molecule is CC(NNC(=O)c1ccc(O)cc1O)=C1C(=O)N(c2ccc(C)c(C)c2)N=C1C(F)(F)F. The van der Waals surface area contributed by atoms with E-state index in [0.29, 0.717) is 5.01 Å². The minimum Gasteiger partial charge on any atom is -0.508 e. The number of nitrogens with zero attached hydrogens (tertiary/aromatic N) is 2. The van der Waals surface area contributed by atoms with Crippen LogP contribution in [0.4, 0.5) is 18.9 Å². The van der Waals surface area contributed by atoms with Crippen molar-refractivity contribution < 1.29 is 33.0 Å². The number of phenols is 2. The molecule has 0 aliphatic carbocycles. The number of aromatic hydroxyl groups is 2. The summed E-state index contributed by atoms with van der Waals surface area (Å²) in [6, 6.07) is 7.89. The Morgan fingerprint density at radius 3 is 2.31 bits per heavy atom. The Kier molecular flexibility index (Phi) is 5.84. The van der Waals surface area contributed by atoms with E-state index >= 15 is 0 Å². The summed E-state index contributed by atoms with van der Waals surface area (Å²) >= 11 is 0. The Bertz CT molecular complexity index is 1170. The highest BCUT2D eigenvalue weighted by atomic mass is 19.4. The molecule has 2 amide bonds. The number of allylic oxidation sites excluding steroid dienone is 1. The van der Waals surface area contributed by atoms with Crippen LogP contribution in [0.3, 0.4) is 0 Å². The average Bonchev–Trinajstić information content (AvgIpc) is 3.05. The van der Waals surface area contributed by atoms with E-state index in [1.54, 1.807) is 19.1 Å². The number of hydrogen-bond donors (Lipinski definition) is 4. The highest BCUT2D eigenvalue weighted by Gasteiger charge is 2.48. The van der Waals surface area contributed by atoms with Gasteiger partial charge in [-0.25, -0.2) is 0 Å². The van der Waals surface area contributed by atoms with Crippen LogP contribution in [0, 0.1) is 13.8 Å². The molecule has 0 spiro atoms. The molecule has 0 saturated carbocycles. The molecule has 1 aliphatic heterocycles. The van der Waals surface area contributed by atoms with E-state index in [1.165, 1.54) is 13.0 Å². The number of phenolic OH excluding ortho intramolecular Hbond substituents is 2. The van der Waals surface area contributed by atoms with Gasteiger partial charge < -0.3 is 15.6 Å². The van der Waals surface area contributed by atoms with Crippen LogP contribution < -0.4 is 15.9 Å². The quantitative estimate of drug-likeness (QED) is 0.424. The number of hydrogen-bond acceptors (Lipinski definition) is 6. The topological polar surface area (TPSA) is 114 Å². The molecule has 0 radical (unpaired) electrons. The summed E-state index contributed by atoms with van der Waals surface area (Å²) in [5, 5.41) is 23.2. The number of halogens is 3. The second-order valence-corrected chi connectivity index (χ2v) is 7.11. The number of carbonyl (C=O) groups is 2. The van der Waals surface area contributed by atoms with Crippen molar-refractivity contribution in [2.24, 2.45) is 5.10 Å². The number of benzene rings is 2. The monoisotopic (exact) mass is 448 g/mol. The van der Waals surface area contributed by atoms with Gasteiger partial charge >= 0.3 is 6.18 Å². The lowest BCUT2D eigenvalue weighted by atomic mass is 10.1. The fourth-order valence-corrected chi connectivity index (χ4v) is 2.96. The summed E-state index contributed by atoms with van der Waals surface area (Å²) in [6.07, 6.45) is -4.93. The molecule has 1 aliphatic rings. The minimum absolute atomic E-state index is 0.167. The molecular formula is C21H19F3N4O4. The van der Waals surface area contributed by atoms with Gasteiger partial charge in [0.25, 0.3) is 11.8 Å². The molecule has 0 unspecified atom stereocenters. The smallest absolute Gasteiger partial charge is 0.436 e. The third kappa shape index (κ3) is 4.36. The summed E-state index contributed by atoms with van der Waals surface area (Å²) < 4.78 is 40.8.